The lowest BCUT2D eigenvalue weighted by Gasteiger charge is -2.55. The highest BCUT2D eigenvalue weighted by atomic mass is 32.1. The zero-order chi connectivity index (χ0) is 22.2. The topological polar surface area (TPSA) is 45.2 Å². The Morgan fingerprint density at radius 1 is 1.12 bits per heavy atom. The number of carbonyl (C=O) groups is 1. The van der Waals surface area contributed by atoms with Gasteiger partial charge in [-0.1, -0.05) is 19.1 Å². The van der Waals surface area contributed by atoms with Crippen molar-refractivity contribution in [3.05, 3.63) is 34.7 Å². The van der Waals surface area contributed by atoms with E-state index in [0.717, 1.165) is 78.6 Å². The highest BCUT2D eigenvalue weighted by Crippen LogP contribution is 2.60. The van der Waals surface area contributed by atoms with Crippen LogP contribution in [0.1, 0.15) is 55.9 Å². The maximum atomic E-state index is 13.9. The van der Waals surface area contributed by atoms with Gasteiger partial charge in [-0.25, -0.2) is 4.98 Å². The van der Waals surface area contributed by atoms with Crippen LogP contribution in [0.5, 0.6) is 0 Å². The molecule has 1 amide bonds. The molecule has 4 aliphatic carbocycles. The number of aromatic nitrogens is 1. The fraction of sp³-hybridized carbons (Fsp3) is 0.556. The molecule has 0 spiro atoms. The summed E-state index contributed by atoms with van der Waals surface area (Å²) in [6.45, 7) is 5.38. The molecule has 0 unspecified atom stereocenters. The number of anilines is 1. The summed E-state index contributed by atoms with van der Waals surface area (Å²) in [6, 6.07) is 8.40. The Labute approximate surface area is 203 Å². The molecule has 3 heterocycles. The maximum absolute atomic E-state index is 13.9. The van der Waals surface area contributed by atoms with E-state index in [2.05, 4.69) is 41.4 Å². The van der Waals surface area contributed by atoms with Crippen LogP contribution in [-0.4, -0.2) is 28.9 Å². The Balaban J connectivity index is 1.28. The summed E-state index contributed by atoms with van der Waals surface area (Å²) in [5, 5.41) is 5.65. The molecule has 5 aliphatic rings. The quantitative estimate of drug-likeness (QED) is 0.463. The molecular weight excluding hydrogens is 446 g/mol. The number of hydrogen-bond donors (Lipinski definition) is 1. The normalized spacial score (nSPS) is 30.6. The van der Waals surface area contributed by atoms with Gasteiger partial charge < -0.3 is 5.32 Å². The number of hydrogen-bond acceptors (Lipinski definition) is 5. The number of nitrogens with zero attached hydrogens (tertiary/aromatic N) is 2. The van der Waals surface area contributed by atoms with Gasteiger partial charge in [-0.2, -0.15) is 0 Å². The van der Waals surface area contributed by atoms with Crippen LogP contribution >= 0.6 is 22.7 Å². The average molecular weight is 478 g/mol. The predicted octanol–water partition coefficient (Wildman–Crippen LogP) is 6.56. The third kappa shape index (κ3) is 3.32. The summed E-state index contributed by atoms with van der Waals surface area (Å²) >= 11 is 3.58. The molecule has 4 bridgehead atoms. The first-order valence-electron chi connectivity index (χ1n) is 12.6. The standard InChI is InChI=1S/C27H31N3OS2/c1-2-30-8-7-19-22(15-30)33-25(23(19)24-28-20-5-3-4-6-21(20)32-24)29-26(31)27-12-16-9-17(13-27)11-18(10-16)14-27/h3-6,16-18H,2,7-15H2,1H3,(H,29,31). The Kier molecular flexibility index (Phi) is 4.76. The number of rotatable bonds is 4. The molecule has 3 aromatic rings. The molecule has 33 heavy (non-hydrogen) atoms. The molecular formula is C27H31N3OS2. The first kappa shape index (κ1) is 20.6. The maximum Gasteiger partial charge on any atom is 0.231 e. The summed E-state index contributed by atoms with van der Waals surface area (Å²) in [5.74, 6) is 2.64. The van der Waals surface area contributed by atoms with Gasteiger partial charge in [0, 0.05) is 23.5 Å². The van der Waals surface area contributed by atoms with Gasteiger partial charge in [0.25, 0.3) is 0 Å². The monoisotopic (exact) mass is 477 g/mol. The van der Waals surface area contributed by atoms with Crippen molar-refractivity contribution >= 4 is 43.8 Å². The minimum Gasteiger partial charge on any atom is -0.317 e. The lowest BCUT2D eigenvalue weighted by Crippen LogP contribution is -2.51. The Morgan fingerprint density at radius 3 is 2.55 bits per heavy atom. The van der Waals surface area contributed by atoms with E-state index >= 15 is 0 Å². The van der Waals surface area contributed by atoms with Crippen molar-refractivity contribution in [2.24, 2.45) is 23.2 Å². The SMILES string of the molecule is CCN1CCc2c(sc(NC(=O)C34CC5CC(CC(C5)C3)C4)c2-c2nc3ccccc3s2)C1. The van der Waals surface area contributed by atoms with Crippen LogP contribution in [0, 0.1) is 23.2 Å². The van der Waals surface area contributed by atoms with Gasteiger partial charge in [-0.3, -0.25) is 9.69 Å². The Bertz CT molecular complexity index is 1170. The molecule has 1 aliphatic heterocycles. The van der Waals surface area contributed by atoms with Crippen LogP contribution in [0.25, 0.3) is 20.8 Å². The third-order valence-corrected chi connectivity index (χ3v) is 11.0. The molecule has 4 nitrogen and oxygen atoms in total. The van der Waals surface area contributed by atoms with E-state index in [9.17, 15) is 4.79 Å². The first-order valence-corrected chi connectivity index (χ1v) is 14.3. The van der Waals surface area contributed by atoms with Crippen molar-refractivity contribution in [3.8, 4) is 10.6 Å². The number of thiazole rings is 1. The number of carbonyl (C=O) groups excluding carboxylic acids is 1. The van der Waals surface area contributed by atoms with Crippen LogP contribution in [-0.2, 0) is 17.8 Å². The van der Waals surface area contributed by atoms with Crippen LogP contribution in [0.4, 0.5) is 5.00 Å². The smallest absolute Gasteiger partial charge is 0.231 e. The number of fused-ring (bicyclic) bond motifs is 2. The van der Waals surface area contributed by atoms with Crippen molar-refractivity contribution in [1.29, 1.82) is 0 Å². The second-order valence-corrected chi connectivity index (χ2v) is 13.1. The van der Waals surface area contributed by atoms with Crippen molar-refractivity contribution in [2.45, 2.75) is 58.4 Å². The highest BCUT2D eigenvalue weighted by Gasteiger charge is 2.54. The second-order valence-electron chi connectivity index (χ2n) is 11.0. The molecule has 4 fully saturated rings. The lowest BCUT2D eigenvalue weighted by atomic mass is 9.49. The van der Waals surface area contributed by atoms with Gasteiger partial charge in [0.05, 0.1) is 15.6 Å². The van der Waals surface area contributed by atoms with Crippen LogP contribution in [0.3, 0.4) is 0 Å². The minimum absolute atomic E-state index is 0.125. The number of para-hydroxylation sites is 1. The predicted molar refractivity (Wildman–Crippen MR) is 137 cm³/mol. The van der Waals surface area contributed by atoms with Crippen molar-refractivity contribution in [2.75, 3.05) is 18.4 Å². The molecule has 0 saturated heterocycles. The van der Waals surface area contributed by atoms with E-state index in [0.29, 0.717) is 5.91 Å². The molecule has 8 rings (SSSR count). The summed E-state index contributed by atoms with van der Waals surface area (Å²) in [7, 11) is 0. The van der Waals surface area contributed by atoms with Crippen LogP contribution < -0.4 is 5.32 Å². The number of amides is 1. The molecule has 0 atom stereocenters. The second kappa shape index (κ2) is 7.62. The summed E-state index contributed by atoms with van der Waals surface area (Å²) in [4.78, 5) is 22.9. The molecule has 1 aromatic carbocycles. The van der Waals surface area contributed by atoms with E-state index in [4.69, 9.17) is 4.98 Å². The minimum atomic E-state index is -0.125. The fourth-order valence-electron chi connectivity index (χ4n) is 7.64. The fourth-order valence-corrected chi connectivity index (χ4v) is 10.0. The zero-order valence-corrected chi connectivity index (χ0v) is 20.9. The van der Waals surface area contributed by atoms with Crippen molar-refractivity contribution < 1.29 is 4.79 Å². The largest absolute Gasteiger partial charge is 0.317 e. The highest BCUT2D eigenvalue weighted by molar-refractivity contribution is 7.22. The third-order valence-electron chi connectivity index (χ3n) is 8.84. The van der Waals surface area contributed by atoms with E-state index in [1.54, 1.807) is 11.3 Å². The van der Waals surface area contributed by atoms with Crippen molar-refractivity contribution in [1.82, 2.24) is 9.88 Å². The number of benzene rings is 1. The van der Waals surface area contributed by atoms with Gasteiger partial charge in [0.1, 0.15) is 10.0 Å². The average Bonchev–Trinajstić information content (AvgIpc) is 3.38. The molecule has 4 saturated carbocycles. The Hall–Kier alpha value is -1.76. The van der Waals surface area contributed by atoms with E-state index in [-0.39, 0.29) is 5.41 Å². The summed E-state index contributed by atoms with van der Waals surface area (Å²) in [6.07, 6.45) is 8.46. The van der Waals surface area contributed by atoms with Gasteiger partial charge in [0.15, 0.2) is 0 Å². The van der Waals surface area contributed by atoms with Crippen molar-refractivity contribution in [3.63, 3.8) is 0 Å². The molecule has 0 radical (unpaired) electrons. The molecule has 172 valence electrons. The number of nitrogens with one attached hydrogen (secondary N) is 1. The van der Waals surface area contributed by atoms with Gasteiger partial charge in [-0.05, 0) is 86.9 Å². The van der Waals surface area contributed by atoms with E-state index in [1.807, 2.05) is 11.3 Å². The van der Waals surface area contributed by atoms with Gasteiger partial charge >= 0.3 is 0 Å². The summed E-state index contributed by atoms with van der Waals surface area (Å²) < 4.78 is 1.22. The van der Waals surface area contributed by atoms with Crippen LogP contribution in [0.2, 0.25) is 0 Å². The zero-order valence-electron chi connectivity index (χ0n) is 19.2. The first-order chi connectivity index (χ1) is 16.1. The lowest BCUT2D eigenvalue weighted by molar-refractivity contribution is -0.140. The van der Waals surface area contributed by atoms with Gasteiger partial charge in [0.2, 0.25) is 5.91 Å². The van der Waals surface area contributed by atoms with E-state index in [1.165, 1.54) is 40.0 Å². The van der Waals surface area contributed by atoms with Gasteiger partial charge in [-0.15, -0.1) is 22.7 Å². The molecule has 2 aromatic heterocycles. The Morgan fingerprint density at radius 2 is 1.85 bits per heavy atom. The van der Waals surface area contributed by atoms with E-state index < -0.39 is 0 Å². The number of likely N-dealkylation sites (N-methyl/N-ethyl adjacent to an activating group) is 1. The summed E-state index contributed by atoms with van der Waals surface area (Å²) in [5.41, 5.74) is 3.57. The molecule has 1 N–H and O–H groups in total. The number of thiophene rings is 1. The molecule has 6 heteroatoms. The van der Waals surface area contributed by atoms with Crippen LogP contribution in [0.15, 0.2) is 24.3 Å².